The maximum atomic E-state index is 12.9. The number of guanidine groups is 1. The van der Waals surface area contributed by atoms with Crippen LogP contribution in [0, 0.1) is 17.7 Å². The summed E-state index contributed by atoms with van der Waals surface area (Å²) in [6.07, 6.45) is 1.22. The zero-order valence-corrected chi connectivity index (χ0v) is 17.4. The van der Waals surface area contributed by atoms with E-state index in [2.05, 4.69) is 34.4 Å². The summed E-state index contributed by atoms with van der Waals surface area (Å²) in [4.78, 5) is 18.8. The SMILES string of the molecule is CCNC(=NCC(=O)Nc1ccc(F)cc1)N1CC(C)CC(C)C1.I. The van der Waals surface area contributed by atoms with Crippen molar-refractivity contribution >= 4 is 41.5 Å². The van der Waals surface area contributed by atoms with Crippen molar-refractivity contribution in [2.45, 2.75) is 27.2 Å². The predicted molar refractivity (Wildman–Crippen MR) is 111 cm³/mol. The molecule has 1 heterocycles. The number of hydrogen-bond acceptors (Lipinski definition) is 2. The standard InChI is InChI=1S/C18H27FN4O.HI/c1-4-20-18(23-11-13(2)9-14(3)12-23)21-10-17(24)22-16-7-5-15(19)6-8-16;/h5-8,13-14H,4,9-12H2,1-3H3,(H,20,21)(H,22,24);1H. The molecule has 2 unspecified atom stereocenters. The van der Waals surface area contributed by atoms with Gasteiger partial charge in [-0.1, -0.05) is 13.8 Å². The monoisotopic (exact) mass is 462 g/mol. The number of nitrogens with one attached hydrogen (secondary N) is 2. The Kier molecular flexibility index (Phi) is 9.16. The molecule has 1 fully saturated rings. The zero-order chi connectivity index (χ0) is 17.5. The maximum absolute atomic E-state index is 12.9. The molecular formula is C18H28FIN4O. The molecule has 0 aliphatic carbocycles. The number of benzene rings is 1. The first kappa shape index (κ1) is 21.7. The van der Waals surface area contributed by atoms with Crippen molar-refractivity contribution in [3.05, 3.63) is 30.1 Å². The van der Waals surface area contributed by atoms with Crippen LogP contribution in [0.5, 0.6) is 0 Å². The summed E-state index contributed by atoms with van der Waals surface area (Å²) in [6.45, 7) is 9.22. The van der Waals surface area contributed by atoms with Gasteiger partial charge < -0.3 is 15.5 Å². The smallest absolute Gasteiger partial charge is 0.246 e. The highest BCUT2D eigenvalue weighted by Crippen LogP contribution is 2.20. The van der Waals surface area contributed by atoms with E-state index in [0.29, 0.717) is 17.5 Å². The van der Waals surface area contributed by atoms with Gasteiger partial charge in [0.25, 0.3) is 0 Å². The summed E-state index contributed by atoms with van der Waals surface area (Å²) >= 11 is 0. The van der Waals surface area contributed by atoms with Gasteiger partial charge >= 0.3 is 0 Å². The molecular weight excluding hydrogens is 434 g/mol. The number of aliphatic imine (C=N–C) groups is 1. The molecule has 0 spiro atoms. The number of halogens is 2. The summed E-state index contributed by atoms with van der Waals surface area (Å²) in [5.74, 6) is 1.48. The second-order valence-electron chi connectivity index (χ2n) is 6.58. The molecule has 1 aromatic carbocycles. The average Bonchev–Trinajstić information content (AvgIpc) is 2.52. The summed E-state index contributed by atoms with van der Waals surface area (Å²) in [5, 5.41) is 5.99. The zero-order valence-electron chi connectivity index (χ0n) is 15.1. The van der Waals surface area contributed by atoms with Gasteiger partial charge in [-0.05, 0) is 49.4 Å². The van der Waals surface area contributed by atoms with Gasteiger partial charge in [0.1, 0.15) is 12.4 Å². The Labute approximate surface area is 166 Å². The maximum Gasteiger partial charge on any atom is 0.246 e. The molecule has 2 N–H and O–H groups in total. The Morgan fingerprint density at radius 1 is 1.24 bits per heavy atom. The number of hydrogen-bond donors (Lipinski definition) is 2. The Hall–Kier alpha value is -1.38. The molecule has 1 saturated heterocycles. The van der Waals surface area contributed by atoms with Crippen LogP contribution in [-0.2, 0) is 4.79 Å². The highest BCUT2D eigenvalue weighted by Gasteiger charge is 2.24. The van der Waals surface area contributed by atoms with Crippen LogP contribution in [0.2, 0.25) is 0 Å². The number of rotatable bonds is 4. The van der Waals surface area contributed by atoms with Crippen molar-refractivity contribution in [2.75, 3.05) is 31.5 Å². The third kappa shape index (κ3) is 7.17. The molecule has 7 heteroatoms. The molecule has 1 aliphatic heterocycles. The van der Waals surface area contributed by atoms with E-state index in [9.17, 15) is 9.18 Å². The van der Waals surface area contributed by atoms with Crippen molar-refractivity contribution in [1.82, 2.24) is 10.2 Å². The Balaban J connectivity index is 0.00000312. The molecule has 140 valence electrons. The van der Waals surface area contributed by atoms with Crippen molar-refractivity contribution < 1.29 is 9.18 Å². The number of carbonyl (C=O) groups is 1. The molecule has 0 radical (unpaired) electrons. The van der Waals surface area contributed by atoms with E-state index in [0.717, 1.165) is 25.6 Å². The molecule has 2 atom stereocenters. The quantitative estimate of drug-likeness (QED) is 0.410. The largest absolute Gasteiger partial charge is 0.357 e. The van der Waals surface area contributed by atoms with Crippen LogP contribution in [0.3, 0.4) is 0 Å². The van der Waals surface area contributed by atoms with Gasteiger partial charge in [-0.3, -0.25) is 4.79 Å². The van der Waals surface area contributed by atoms with Gasteiger partial charge in [-0.2, -0.15) is 0 Å². The number of likely N-dealkylation sites (tertiary alicyclic amines) is 1. The highest BCUT2D eigenvalue weighted by atomic mass is 127. The molecule has 1 aliphatic rings. The number of nitrogens with zero attached hydrogens (tertiary/aromatic N) is 2. The molecule has 25 heavy (non-hydrogen) atoms. The van der Waals surface area contributed by atoms with Crippen molar-refractivity contribution in [3.63, 3.8) is 0 Å². The lowest BCUT2D eigenvalue weighted by atomic mass is 9.92. The van der Waals surface area contributed by atoms with Crippen molar-refractivity contribution in [2.24, 2.45) is 16.8 Å². The van der Waals surface area contributed by atoms with E-state index >= 15 is 0 Å². The minimum atomic E-state index is -0.325. The van der Waals surface area contributed by atoms with Crippen molar-refractivity contribution in [1.29, 1.82) is 0 Å². The van der Waals surface area contributed by atoms with Crippen LogP contribution < -0.4 is 10.6 Å². The van der Waals surface area contributed by atoms with E-state index in [-0.39, 0.29) is 42.2 Å². The van der Waals surface area contributed by atoms with Gasteiger partial charge in [-0.25, -0.2) is 9.38 Å². The van der Waals surface area contributed by atoms with E-state index in [1.807, 2.05) is 6.92 Å². The molecule has 1 amide bonds. The van der Waals surface area contributed by atoms with E-state index in [4.69, 9.17) is 0 Å². The predicted octanol–water partition coefficient (Wildman–Crippen LogP) is 3.33. The van der Waals surface area contributed by atoms with Gasteiger partial charge in [-0.15, -0.1) is 24.0 Å². The Morgan fingerprint density at radius 3 is 2.40 bits per heavy atom. The first-order chi connectivity index (χ1) is 11.5. The summed E-state index contributed by atoms with van der Waals surface area (Å²) in [6, 6.07) is 5.71. The van der Waals surface area contributed by atoms with Crippen LogP contribution in [0.4, 0.5) is 10.1 Å². The minimum Gasteiger partial charge on any atom is -0.357 e. The first-order valence-electron chi connectivity index (χ1n) is 8.56. The van der Waals surface area contributed by atoms with Gasteiger partial charge in [0.15, 0.2) is 5.96 Å². The molecule has 0 bridgehead atoms. The lowest BCUT2D eigenvalue weighted by Crippen LogP contribution is -2.48. The second kappa shape index (κ2) is 10.6. The first-order valence-corrected chi connectivity index (χ1v) is 8.56. The van der Waals surface area contributed by atoms with Gasteiger partial charge in [0.2, 0.25) is 5.91 Å². The van der Waals surface area contributed by atoms with Crippen molar-refractivity contribution in [3.8, 4) is 0 Å². The van der Waals surface area contributed by atoms with Crippen LogP contribution >= 0.6 is 24.0 Å². The van der Waals surface area contributed by atoms with Gasteiger partial charge in [0, 0.05) is 25.3 Å². The summed E-state index contributed by atoms with van der Waals surface area (Å²) < 4.78 is 12.9. The fraction of sp³-hybridized carbons (Fsp3) is 0.556. The Bertz CT molecular complexity index is 569. The van der Waals surface area contributed by atoms with E-state index in [1.54, 1.807) is 0 Å². The number of piperidine rings is 1. The number of carbonyl (C=O) groups excluding carboxylic acids is 1. The third-order valence-corrected chi connectivity index (χ3v) is 4.00. The highest BCUT2D eigenvalue weighted by molar-refractivity contribution is 14.0. The van der Waals surface area contributed by atoms with Gasteiger partial charge in [0.05, 0.1) is 0 Å². The molecule has 2 rings (SSSR count). The van der Waals surface area contributed by atoms with E-state index < -0.39 is 0 Å². The fourth-order valence-electron chi connectivity index (χ4n) is 3.14. The lowest BCUT2D eigenvalue weighted by Gasteiger charge is -2.37. The molecule has 5 nitrogen and oxygen atoms in total. The van der Waals surface area contributed by atoms with Crippen LogP contribution in [0.1, 0.15) is 27.2 Å². The van der Waals surface area contributed by atoms with Crippen LogP contribution in [-0.4, -0.2) is 42.9 Å². The Morgan fingerprint density at radius 2 is 1.84 bits per heavy atom. The summed E-state index contributed by atoms with van der Waals surface area (Å²) in [5.41, 5.74) is 0.571. The third-order valence-electron chi connectivity index (χ3n) is 4.00. The topological polar surface area (TPSA) is 56.7 Å². The molecule has 0 saturated carbocycles. The van der Waals surface area contributed by atoms with E-state index in [1.165, 1.54) is 30.7 Å². The average molecular weight is 462 g/mol. The number of amides is 1. The molecule has 0 aromatic heterocycles. The fourth-order valence-corrected chi connectivity index (χ4v) is 3.14. The second-order valence-corrected chi connectivity index (χ2v) is 6.58. The van der Waals surface area contributed by atoms with Crippen LogP contribution in [0.25, 0.3) is 0 Å². The lowest BCUT2D eigenvalue weighted by molar-refractivity contribution is -0.114. The number of anilines is 1. The molecule has 1 aromatic rings. The summed E-state index contributed by atoms with van der Waals surface area (Å²) in [7, 11) is 0. The normalized spacial score (nSPS) is 20.6. The minimum absolute atomic E-state index is 0. The van der Waals surface area contributed by atoms with Crippen LogP contribution in [0.15, 0.2) is 29.3 Å².